The van der Waals surface area contributed by atoms with Crippen LogP contribution in [-0.2, 0) is 0 Å². The van der Waals surface area contributed by atoms with Gasteiger partial charge in [0.15, 0.2) is 0 Å². The predicted molar refractivity (Wildman–Crippen MR) is 54.4 cm³/mol. The molecule has 0 aliphatic carbocycles. The molecule has 0 saturated heterocycles. The standard InChI is InChI=1S/C10H18N2O2/c1-2-3-4-5-7-10(12(13)14)8-6-9-11/h10H,2-8H2,1H3. The molecular weight excluding hydrogens is 180 g/mol. The van der Waals surface area contributed by atoms with Crippen LogP contribution in [0.15, 0.2) is 0 Å². The second-order valence-corrected chi connectivity index (χ2v) is 3.49. The molecule has 14 heavy (non-hydrogen) atoms. The van der Waals surface area contributed by atoms with Crippen molar-refractivity contribution in [3.05, 3.63) is 10.1 Å². The van der Waals surface area contributed by atoms with Gasteiger partial charge in [0.25, 0.3) is 0 Å². The first-order valence-corrected chi connectivity index (χ1v) is 5.22. The molecule has 80 valence electrons. The Bertz CT molecular complexity index is 199. The number of hydrogen-bond acceptors (Lipinski definition) is 3. The Balaban J connectivity index is 3.64. The molecule has 0 aromatic carbocycles. The highest BCUT2D eigenvalue weighted by Gasteiger charge is 2.18. The molecule has 0 aliphatic rings. The second-order valence-electron chi connectivity index (χ2n) is 3.49. The Hall–Kier alpha value is -1.11. The molecule has 0 fully saturated rings. The van der Waals surface area contributed by atoms with Gasteiger partial charge >= 0.3 is 0 Å². The molecule has 1 unspecified atom stereocenters. The summed E-state index contributed by atoms with van der Waals surface area (Å²) in [6, 6.07) is 1.44. The van der Waals surface area contributed by atoms with Gasteiger partial charge in [-0.1, -0.05) is 26.2 Å². The number of unbranched alkanes of at least 4 members (excludes halogenated alkanes) is 3. The molecule has 1 atom stereocenters. The van der Waals surface area contributed by atoms with Crippen LogP contribution in [0.3, 0.4) is 0 Å². The van der Waals surface area contributed by atoms with E-state index in [1.807, 2.05) is 6.07 Å². The number of nitriles is 1. The normalized spacial score (nSPS) is 12.0. The highest BCUT2D eigenvalue weighted by atomic mass is 16.6. The molecule has 0 radical (unpaired) electrons. The highest BCUT2D eigenvalue weighted by molar-refractivity contribution is 4.72. The molecule has 0 bridgehead atoms. The Labute approximate surface area is 85.1 Å². The SMILES string of the molecule is CCCCCCC(CCC#N)[N+](=O)[O-]. The minimum Gasteiger partial charge on any atom is -0.264 e. The summed E-state index contributed by atoms with van der Waals surface area (Å²) in [5, 5.41) is 18.9. The molecule has 0 aliphatic heterocycles. The maximum absolute atomic E-state index is 10.6. The molecule has 0 N–H and O–H groups in total. The average molecular weight is 198 g/mol. The van der Waals surface area contributed by atoms with E-state index < -0.39 is 6.04 Å². The first-order chi connectivity index (χ1) is 6.72. The largest absolute Gasteiger partial charge is 0.264 e. The number of nitro groups is 1. The van der Waals surface area contributed by atoms with Crippen molar-refractivity contribution < 1.29 is 4.92 Å². The van der Waals surface area contributed by atoms with Crippen LogP contribution in [0.4, 0.5) is 0 Å². The first-order valence-electron chi connectivity index (χ1n) is 5.22. The van der Waals surface area contributed by atoms with Crippen LogP contribution in [0, 0.1) is 21.4 Å². The zero-order valence-corrected chi connectivity index (χ0v) is 8.74. The third kappa shape index (κ3) is 6.41. The van der Waals surface area contributed by atoms with Gasteiger partial charge in [0.2, 0.25) is 6.04 Å². The number of hydrogen-bond donors (Lipinski definition) is 0. The minimum atomic E-state index is -0.508. The lowest BCUT2D eigenvalue weighted by Crippen LogP contribution is -2.18. The molecule has 0 saturated carbocycles. The Morgan fingerprint density at radius 2 is 2.07 bits per heavy atom. The zero-order chi connectivity index (χ0) is 10.8. The summed E-state index contributed by atoms with van der Waals surface area (Å²) in [7, 11) is 0. The molecule has 4 heteroatoms. The second kappa shape index (κ2) is 8.49. The summed E-state index contributed by atoms with van der Waals surface area (Å²) < 4.78 is 0. The van der Waals surface area contributed by atoms with Gasteiger partial charge in [-0.2, -0.15) is 5.26 Å². The Morgan fingerprint density at radius 1 is 1.36 bits per heavy atom. The summed E-state index contributed by atoms with van der Waals surface area (Å²) in [5.41, 5.74) is 0. The van der Waals surface area contributed by atoms with Crippen molar-refractivity contribution in [2.75, 3.05) is 0 Å². The van der Waals surface area contributed by atoms with Crippen molar-refractivity contribution >= 4 is 0 Å². The molecular formula is C10H18N2O2. The van der Waals surface area contributed by atoms with Crippen LogP contribution in [0.25, 0.3) is 0 Å². The van der Waals surface area contributed by atoms with Crippen molar-refractivity contribution in [2.45, 2.75) is 57.9 Å². The van der Waals surface area contributed by atoms with E-state index in [1.165, 1.54) is 0 Å². The topological polar surface area (TPSA) is 66.9 Å². The summed E-state index contributed by atoms with van der Waals surface area (Å²) in [4.78, 5) is 10.3. The van der Waals surface area contributed by atoms with Gasteiger partial charge < -0.3 is 0 Å². The van der Waals surface area contributed by atoms with Crippen LogP contribution < -0.4 is 0 Å². The molecule has 0 aromatic rings. The fraction of sp³-hybridized carbons (Fsp3) is 0.900. The van der Waals surface area contributed by atoms with Gasteiger partial charge in [-0.25, -0.2) is 0 Å². The maximum atomic E-state index is 10.6. The van der Waals surface area contributed by atoms with Gasteiger partial charge in [0.1, 0.15) is 0 Å². The minimum absolute atomic E-state index is 0.247. The van der Waals surface area contributed by atoms with Crippen LogP contribution in [0.5, 0.6) is 0 Å². The zero-order valence-electron chi connectivity index (χ0n) is 8.74. The van der Waals surface area contributed by atoms with E-state index in [2.05, 4.69) is 6.92 Å². The van der Waals surface area contributed by atoms with Crippen LogP contribution in [0.1, 0.15) is 51.9 Å². The molecule has 0 aromatic heterocycles. The number of rotatable bonds is 8. The van der Waals surface area contributed by atoms with E-state index in [0.717, 1.165) is 25.7 Å². The van der Waals surface area contributed by atoms with E-state index in [9.17, 15) is 10.1 Å². The van der Waals surface area contributed by atoms with Gasteiger partial charge in [0.05, 0.1) is 6.07 Å². The van der Waals surface area contributed by atoms with Gasteiger partial charge in [0, 0.05) is 24.2 Å². The van der Waals surface area contributed by atoms with Crippen molar-refractivity contribution in [3.63, 3.8) is 0 Å². The maximum Gasteiger partial charge on any atom is 0.214 e. The summed E-state index contributed by atoms with van der Waals surface area (Å²) in [5.74, 6) is 0. The van der Waals surface area contributed by atoms with Crippen LogP contribution >= 0.6 is 0 Å². The van der Waals surface area contributed by atoms with Crippen molar-refractivity contribution in [1.29, 1.82) is 5.26 Å². The monoisotopic (exact) mass is 198 g/mol. The highest BCUT2D eigenvalue weighted by Crippen LogP contribution is 2.11. The lowest BCUT2D eigenvalue weighted by molar-refractivity contribution is -0.524. The Kier molecular flexibility index (Phi) is 7.81. The van der Waals surface area contributed by atoms with Crippen LogP contribution in [0.2, 0.25) is 0 Å². The van der Waals surface area contributed by atoms with E-state index in [1.54, 1.807) is 0 Å². The lowest BCUT2D eigenvalue weighted by atomic mass is 10.0. The van der Waals surface area contributed by atoms with Crippen LogP contribution in [-0.4, -0.2) is 11.0 Å². The van der Waals surface area contributed by atoms with Gasteiger partial charge in [-0.05, 0) is 6.42 Å². The summed E-state index contributed by atoms with van der Waals surface area (Å²) >= 11 is 0. The molecule has 0 rings (SSSR count). The number of nitrogens with zero attached hydrogens (tertiary/aromatic N) is 2. The summed E-state index contributed by atoms with van der Waals surface area (Å²) in [6.45, 7) is 2.11. The third-order valence-electron chi connectivity index (χ3n) is 2.28. The fourth-order valence-corrected chi connectivity index (χ4v) is 1.39. The van der Waals surface area contributed by atoms with Crippen molar-refractivity contribution in [3.8, 4) is 6.07 Å². The van der Waals surface area contributed by atoms with Gasteiger partial charge in [-0.3, -0.25) is 10.1 Å². The predicted octanol–water partition coefficient (Wildman–Crippen LogP) is 2.91. The Morgan fingerprint density at radius 3 is 2.57 bits per heavy atom. The van der Waals surface area contributed by atoms with Gasteiger partial charge in [-0.15, -0.1) is 0 Å². The molecule has 4 nitrogen and oxygen atoms in total. The van der Waals surface area contributed by atoms with Crippen molar-refractivity contribution in [2.24, 2.45) is 0 Å². The summed E-state index contributed by atoms with van der Waals surface area (Å²) in [6.07, 6.45) is 5.56. The van der Waals surface area contributed by atoms with E-state index in [0.29, 0.717) is 19.3 Å². The smallest absolute Gasteiger partial charge is 0.214 e. The molecule has 0 amide bonds. The average Bonchev–Trinajstić information content (AvgIpc) is 2.16. The third-order valence-corrected chi connectivity index (χ3v) is 2.28. The van der Waals surface area contributed by atoms with E-state index in [-0.39, 0.29) is 4.92 Å². The molecule has 0 heterocycles. The van der Waals surface area contributed by atoms with E-state index >= 15 is 0 Å². The fourth-order valence-electron chi connectivity index (χ4n) is 1.39. The molecule has 0 spiro atoms. The quantitative estimate of drug-likeness (QED) is 0.342. The van der Waals surface area contributed by atoms with Crippen molar-refractivity contribution in [1.82, 2.24) is 0 Å². The first kappa shape index (κ1) is 12.9. The lowest BCUT2D eigenvalue weighted by Gasteiger charge is -2.06. The van der Waals surface area contributed by atoms with E-state index in [4.69, 9.17) is 5.26 Å².